The lowest BCUT2D eigenvalue weighted by Crippen LogP contribution is -2.61. The maximum absolute atomic E-state index is 11.8. The summed E-state index contributed by atoms with van der Waals surface area (Å²) in [7, 11) is 2.14. The second-order valence-corrected chi connectivity index (χ2v) is 5.66. The van der Waals surface area contributed by atoms with Gasteiger partial charge in [0.1, 0.15) is 0 Å². The van der Waals surface area contributed by atoms with Crippen LogP contribution in [0.4, 0.5) is 4.79 Å². The second-order valence-electron chi connectivity index (χ2n) is 5.66. The Morgan fingerprint density at radius 2 is 2.19 bits per heavy atom. The molecule has 92 valence electrons. The van der Waals surface area contributed by atoms with E-state index in [2.05, 4.69) is 31.1 Å². The Hall–Kier alpha value is -0.770. The Morgan fingerprint density at radius 1 is 1.50 bits per heavy atom. The Morgan fingerprint density at radius 3 is 2.62 bits per heavy atom. The third-order valence-corrected chi connectivity index (χ3v) is 3.83. The van der Waals surface area contributed by atoms with Gasteiger partial charge in [-0.1, -0.05) is 0 Å². The number of nitrogens with one attached hydrogen (secondary N) is 1. The number of likely N-dealkylation sites (N-methyl/N-ethyl adjacent to an activating group) is 1. The first-order valence-electron chi connectivity index (χ1n) is 6.26. The molecule has 1 N–H and O–H groups in total. The average Bonchev–Trinajstić information content (AvgIpc) is 2.99. The Kier molecular flexibility index (Phi) is 3.10. The van der Waals surface area contributed by atoms with E-state index in [9.17, 15) is 4.79 Å². The monoisotopic (exact) mass is 225 g/mol. The minimum atomic E-state index is 0.0620. The number of carbonyl (C=O) groups excluding carboxylic acids is 1. The fourth-order valence-corrected chi connectivity index (χ4v) is 2.18. The zero-order valence-corrected chi connectivity index (χ0v) is 10.6. The standard InChI is InChI=1S/C12H23N3O/c1-12(2)6-8-15(12)11(16)13-7-9-14(3)10-4-5-10/h10H,4-9H2,1-3H3,(H,13,16). The van der Waals surface area contributed by atoms with Gasteiger partial charge in [0.25, 0.3) is 0 Å². The number of hydrogen-bond donors (Lipinski definition) is 1. The number of nitrogens with zero attached hydrogens (tertiary/aromatic N) is 2. The van der Waals surface area contributed by atoms with Gasteiger partial charge in [-0.2, -0.15) is 0 Å². The van der Waals surface area contributed by atoms with Gasteiger partial charge in [0, 0.05) is 31.2 Å². The maximum Gasteiger partial charge on any atom is 0.317 e. The van der Waals surface area contributed by atoms with Crippen molar-refractivity contribution in [2.45, 2.75) is 44.7 Å². The summed E-state index contributed by atoms with van der Waals surface area (Å²) in [6, 6.07) is 0.873. The molecule has 1 saturated carbocycles. The predicted octanol–water partition coefficient (Wildman–Crippen LogP) is 1.27. The summed E-state index contributed by atoms with van der Waals surface area (Å²) in [5.41, 5.74) is 0.0620. The fourth-order valence-electron chi connectivity index (χ4n) is 2.18. The molecule has 0 spiro atoms. The van der Waals surface area contributed by atoms with Crippen LogP contribution in [0.25, 0.3) is 0 Å². The van der Waals surface area contributed by atoms with Crippen LogP contribution in [0.15, 0.2) is 0 Å². The first-order chi connectivity index (χ1) is 7.50. The summed E-state index contributed by atoms with van der Waals surface area (Å²) in [5.74, 6) is 0. The molecule has 0 aromatic rings. The minimum absolute atomic E-state index is 0.0620. The van der Waals surface area contributed by atoms with Crippen molar-refractivity contribution in [2.75, 3.05) is 26.7 Å². The molecule has 2 rings (SSSR count). The molecular weight excluding hydrogens is 202 g/mol. The SMILES string of the molecule is CN(CCNC(=O)N1CCC1(C)C)C1CC1. The van der Waals surface area contributed by atoms with Crippen LogP contribution in [-0.4, -0.2) is 54.1 Å². The molecule has 0 aromatic heterocycles. The fraction of sp³-hybridized carbons (Fsp3) is 0.917. The van der Waals surface area contributed by atoms with Crippen molar-refractivity contribution < 1.29 is 4.79 Å². The van der Waals surface area contributed by atoms with E-state index in [1.54, 1.807) is 0 Å². The molecule has 0 atom stereocenters. The van der Waals surface area contributed by atoms with Crippen molar-refractivity contribution in [1.82, 2.24) is 15.1 Å². The van der Waals surface area contributed by atoms with Crippen LogP contribution in [0.5, 0.6) is 0 Å². The smallest absolute Gasteiger partial charge is 0.317 e. The average molecular weight is 225 g/mol. The molecule has 16 heavy (non-hydrogen) atoms. The first-order valence-corrected chi connectivity index (χ1v) is 6.26. The number of amides is 2. The van der Waals surface area contributed by atoms with E-state index < -0.39 is 0 Å². The van der Waals surface area contributed by atoms with E-state index >= 15 is 0 Å². The third kappa shape index (κ3) is 2.48. The molecule has 0 unspecified atom stereocenters. The number of rotatable bonds is 4. The van der Waals surface area contributed by atoms with Gasteiger partial charge < -0.3 is 15.1 Å². The van der Waals surface area contributed by atoms with Crippen LogP contribution in [0, 0.1) is 0 Å². The van der Waals surface area contributed by atoms with Gasteiger partial charge in [-0.05, 0) is 40.2 Å². The molecule has 4 heteroatoms. The highest BCUT2D eigenvalue weighted by atomic mass is 16.2. The topological polar surface area (TPSA) is 35.6 Å². The molecular formula is C12H23N3O. The van der Waals surface area contributed by atoms with E-state index in [1.165, 1.54) is 12.8 Å². The van der Waals surface area contributed by atoms with Crippen LogP contribution in [0.2, 0.25) is 0 Å². The van der Waals surface area contributed by atoms with Crippen molar-refractivity contribution in [3.05, 3.63) is 0 Å². The summed E-state index contributed by atoms with van der Waals surface area (Å²) in [4.78, 5) is 16.1. The third-order valence-electron chi connectivity index (χ3n) is 3.83. The highest BCUT2D eigenvalue weighted by Crippen LogP contribution is 2.29. The van der Waals surface area contributed by atoms with Gasteiger partial charge in [0.05, 0.1) is 0 Å². The molecule has 2 fully saturated rings. The van der Waals surface area contributed by atoms with E-state index in [1.807, 2.05) is 4.90 Å². The van der Waals surface area contributed by atoms with Gasteiger partial charge in [0.15, 0.2) is 0 Å². The normalized spacial score (nSPS) is 23.1. The lowest BCUT2D eigenvalue weighted by molar-refractivity contribution is 0.0530. The molecule has 2 aliphatic rings. The molecule has 2 amide bonds. The van der Waals surface area contributed by atoms with Gasteiger partial charge in [-0.25, -0.2) is 4.79 Å². The van der Waals surface area contributed by atoms with Crippen molar-refractivity contribution in [3.8, 4) is 0 Å². The molecule has 0 radical (unpaired) electrons. The van der Waals surface area contributed by atoms with Crippen LogP contribution in [0.3, 0.4) is 0 Å². The summed E-state index contributed by atoms with van der Waals surface area (Å²) < 4.78 is 0. The Labute approximate surface area is 98.0 Å². The van der Waals surface area contributed by atoms with E-state index in [4.69, 9.17) is 0 Å². The molecule has 1 aliphatic heterocycles. The molecule has 4 nitrogen and oxygen atoms in total. The van der Waals surface area contributed by atoms with Gasteiger partial charge in [-0.15, -0.1) is 0 Å². The predicted molar refractivity (Wildman–Crippen MR) is 64.5 cm³/mol. The number of urea groups is 1. The molecule has 0 aromatic carbocycles. The van der Waals surface area contributed by atoms with E-state index in [-0.39, 0.29) is 11.6 Å². The number of carbonyl (C=O) groups is 1. The van der Waals surface area contributed by atoms with Crippen molar-refractivity contribution in [2.24, 2.45) is 0 Å². The zero-order valence-electron chi connectivity index (χ0n) is 10.6. The van der Waals surface area contributed by atoms with Gasteiger partial charge in [0.2, 0.25) is 0 Å². The summed E-state index contributed by atoms with van der Waals surface area (Å²) >= 11 is 0. The van der Waals surface area contributed by atoms with Crippen molar-refractivity contribution in [3.63, 3.8) is 0 Å². The van der Waals surface area contributed by atoms with Crippen LogP contribution in [-0.2, 0) is 0 Å². The van der Waals surface area contributed by atoms with E-state index in [0.29, 0.717) is 0 Å². The number of hydrogen-bond acceptors (Lipinski definition) is 2. The summed E-state index contributed by atoms with van der Waals surface area (Å²) in [5, 5.41) is 3.00. The first kappa shape index (κ1) is 11.7. The van der Waals surface area contributed by atoms with Crippen LogP contribution < -0.4 is 5.32 Å². The van der Waals surface area contributed by atoms with Crippen molar-refractivity contribution in [1.29, 1.82) is 0 Å². The second kappa shape index (κ2) is 4.24. The summed E-state index contributed by atoms with van der Waals surface area (Å²) in [6.45, 7) is 6.86. The van der Waals surface area contributed by atoms with Crippen molar-refractivity contribution >= 4 is 6.03 Å². The molecule has 1 saturated heterocycles. The van der Waals surface area contributed by atoms with Gasteiger partial charge >= 0.3 is 6.03 Å². The van der Waals surface area contributed by atoms with Crippen LogP contribution >= 0.6 is 0 Å². The lowest BCUT2D eigenvalue weighted by Gasteiger charge is -2.48. The minimum Gasteiger partial charge on any atom is -0.337 e. The molecule has 0 bridgehead atoms. The summed E-state index contributed by atoms with van der Waals surface area (Å²) in [6.07, 6.45) is 3.76. The molecule has 1 heterocycles. The largest absolute Gasteiger partial charge is 0.337 e. The highest BCUT2D eigenvalue weighted by Gasteiger charge is 2.39. The molecule has 1 aliphatic carbocycles. The maximum atomic E-state index is 11.8. The zero-order chi connectivity index (χ0) is 11.8. The quantitative estimate of drug-likeness (QED) is 0.782. The van der Waals surface area contributed by atoms with E-state index in [0.717, 1.165) is 32.1 Å². The Bertz CT molecular complexity index is 273. The lowest BCUT2D eigenvalue weighted by atomic mass is 9.90. The van der Waals surface area contributed by atoms with Gasteiger partial charge in [-0.3, -0.25) is 0 Å². The Balaban J connectivity index is 1.64. The highest BCUT2D eigenvalue weighted by molar-refractivity contribution is 5.76. The van der Waals surface area contributed by atoms with Crippen LogP contribution in [0.1, 0.15) is 33.1 Å². The number of likely N-dealkylation sites (tertiary alicyclic amines) is 1.